The van der Waals surface area contributed by atoms with Crippen LogP contribution in [-0.4, -0.2) is 87.4 Å². The molecule has 0 amide bonds. The maximum Gasteiger partial charge on any atom is 0.361 e. The first-order chi connectivity index (χ1) is 37.6. The summed E-state index contributed by atoms with van der Waals surface area (Å²) in [6, 6.07) is 0. The van der Waals surface area contributed by atoms with Crippen molar-refractivity contribution >= 4 is 17.9 Å². The van der Waals surface area contributed by atoms with E-state index in [1.165, 1.54) is 0 Å². The van der Waals surface area contributed by atoms with Gasteiger partial charge in [-0.1, -0.05) is 215 Å². The minimum absolute atomic E-state index is 0.0499. The second kappa shape index (κ2) is 56.3. The summed E-state index contributed by atoms with van der Waals surface area (Å²) in [4.78, 5) is 37.2. The van der Waals surface area contributed by atoms with Crippen LogP contribution in [0.1, 0.15) is 155 Å². The Balaban J connectivity index is 4.40. The Hall–Kier alpha value is -5.87. The van der Waals surface area contributed by atoms with Crippen LogP contribution in [0.4, 0.5) is 0 Å². The maximum absolute atomic E-state index is 12.8. The minimum Gasteiger partial charge on any atom is -0.477 e. The molecule has 77 heavy (non-hydrogen) atoms. The highest BCUT2D eigenvalue weighted by atomic mass is 16.7. The zero-order valence-electron chi connectivity index (χ0n) is 48.3. The molecule has 0 bridgehead atoms. The zero-order chi connectivity index (χ0) is 56.2. The van der Waals surface area contributed by atoms with Crippen LogP contribution in [0.15, 0.2) is 194 Å². The van der Waals surface area contributed by atoms with E-state index in [4.69, 9.17) is 18.9 Å². The lowest BCUT2D eigenvalue weighted by atomic mass is 10.1. The van der Waals surface area contributed by atoms with Gasteiger partial charge in [0.2, 0.25) is 0 Å². The van der Waals surface area contributed by atoms with Crippen LogP contribution in [0, 0.1) is 0 Å². The highest BCUT2D eigenvalue weighted by Gasteiger charge is 2.25. The van der Waals surface area contributed by atoms with E-state index in [0.29, 0.717) is 23.9 Å². The largest absolute Gasteiger partial charge is 0.477 e. The normalized spacial score (nSPS) is 14.2. The molecule has 2 unspecified atom stereocenters. The van der Waals surface area contributed by atoms with Gasteiger partial charge in [0.05, 0.1) is 40.8 Å². The van der Waals surface area contributed by atoms with Crippen molar-refractivity contribution in [3.8, 4) is 0 Å². The van der Waals surface area contributed by atoms with Gasteiger partial charge in [0.25, 0.3) is 6.29 Å². The summed E-state index contributed by atoms with van der Waals surface area (Å²) >= 11 is 0. The number of unbranched alkanes of at least 4 members (excludes halogenated alkanes) is 3. The van der Waals surface area contributed by atoms with E-state index in [0.717, 1.165) is 116 Å². The Bertz CT molecular complexity index is 1960. The first kappa shape index (κ1) is 71.1. The molecule has 0 spiro atoms. The topological polar surface area (TPSA) is 108 Å². The molecule has 426 valence electrons. The lowest BCUT2D eigenvalue weighted by molar-refractivity contribution is -0.870. The van der Waals surface area contributed by atoms with Gasteiger partial charge in [-0.15, -0.1) is 0 Å². The quantitative estimate of drug-likeness (QED) is 0.0211. The number of esters is 2. The van der Waals surface area contributed by atoms with Crippen LogP contribution < -0.4 is 0 Å². The molecule has 0 aliphatic carbocycles. The summed E-state index contributed by atoms with van der Waals surface area (Å²) in [5, 5.41) is 9.68. The van der Waals surface area contributed by atoms with Crippen molar-refractivity contribution in [3.63, 3.8) is 0 Å². The van der Waals surface area contributed by atoms with E-state index in [-0.39, 0.29) is 32.7 Å². The Kier molecular flexibility index (Phi) is 52.0. The number of carbonyl (C=O) groups is 3. The average molecular weight is 1060 g/mol. The standard InChI is InChI=1S/C68H101NO8/c1-6-8-10-12-14-16-18-20-22-23-24-25-26-27-28-29-30-31-32-33-34-35-36-37-38-39-40-41-42-43-45-47-49-51-53-55-57-59-66(71)77-64(63-76-68(67(72)73)74-61-60-69(3,4)5)62-75-65(70)58-56-54-52-50-48-46-44-21-19-17-15-13-11-9-7-2/h8-11,14-17,20-22,24-25,27-28,30-31,33-34,36-37,39-40,42-44,47-50,54,56,64,68H,6-7,12-13,18-19,23,26,29,32,35,38,41,45-46,51-53,55,57-63H2,1-5H3/p+1/b10-8-,11-9-,16-14-,17-15-,22-20-,25-24-,28-27-,31-30-,34-33-,37-36-,40-39-,43-42-,44-21-,49-47-,50-48-,56-54-. The fourth-order valence-electron chi connectivity index (χ4n) is 6.56. The molecule has 0 saturated heterocycles. The second-order valence-corrected chi connectivity index (χ2v) is 19.1. The molecule has 0 fully saturated rings. The Morgan fingerprint density at radius 2 is 0.740 bits per heavy atom. The molecule has 0 aliphatic rings. The van der Waals surface area contributed by atoms with Gasteiger partial charge in [-0.25, -0.2) is 4.79 Å². The van der Waals surface area contributed by atoms with Crippen molar-refractivity contribution in [3.05, 3.63) is 194 Å². The monoisotopic (exact) mass is 1060 g/mol. The summed E-state index contributed by atoms with van der Waals surface area (Å²) in [5.41, 5.74) is 0. The van der Waals surface area contributed by atoms with Crippen LogP contribution in [0.2, 0.25) is 0 Å². The zero-order valence-corrected chi connectivity index (χ0v) is 48.3. The van der Waals surface area contributed by atoms with Crippen molar-refractivity contribution < 1.29 is 42.9 Å². The Morgan fingerprint density at radius 3 is 1.08 bits per heavy atom. The lowest BCUT2D eigenvalue weighted by Gasteiger charge is -2.25. The van der Waals surface area contributed by atoms with E-state index in [9.17, 15) is 19.5 Å². The highest BCUT2D eigenvalue weighted by molar-refractivity contribution is 5.72. The Morgan fingerprint density at radius 1 is 0.403 bits per heavy atom. The van der Waals surface area contributed by atoms with Gasteiger partial charge in [0.1, 0.15) is 13.2 Å². The van der Waals surface area contributed by atoms with Crippen molar-refractivity contribution in [2.75, 3.05) is 47.5 Å². The number of hydrogen-bond acceptors (Lipinski definition) is 7. The smallest absolute Gasteiger partial charge is 0.361 e. The molecular formula is C68H102NO8+. The van der Waals surface area contributed by atoms with Gasteiger partial charge in [-0.05, 0) is 122 Å². The molecule has 0 heterocycles. The first-order valence-corrected chi connectivity index (χ1v) is 28.6. The van der Waals surface area contributed by atoms with Crippen LogP contribution in [-0.2, 0) is 33.3 Å². The van der Waals surface area contributed by atoms with Crippen molar-refractivity contribution in [1.29, 1.82) is 0 Å². The molecule has 0 rings (SSSR count). The summed E-state index contributed by atoms with van der Waals surface area (Å²) in [7, 11) is 5.91. The number of carbonyl (C=O) groups excluding carboxylic acids is 2. The number of likely N-dealkylation sites (N-methyl/N-ethyl adjacent to an activating group) is 1. The van der Waals surface area contributed by atoms with E-state index in [1.54, 1.807) is 6.08 Å². The number of rotatable bonds is 49. The molecule has 9 heteroatoms. The van der Waals surface area contributed by atoms with E-state index in [2.05, 4.69) is 190 Å². The van der Waals surface area contributed by atoms with Gasteiger partial charge in [-0.3, -0.25) is 9.59 Å². The number of carboxylic acids is 1. The van der Waals surface area contributed by atoms with Gasteiger partial charge >= 0.3 is 17.9 Å². The number of aliphatic carboxylic acids is 1. The minimum atomic E-state index is -1.55. The third kappa shape index (κ3) is 57.7. The SMILES string of the molecule is CC/C=C\C/C=C\C/C=C\C/C=C\C/C=C\C/C=C\C/C=C\C/C=C\C/C=C\C/C=C\C/C=C\CCCCCC(=O)OC(COC(=O)C/C=C\C/C=C\C/C=C\C/C=C\C/C=C\CC)COC(OCC[N+](C)(C)C)C(=O)O. The molecule has 2 atom stereocenters. The number of allylic oxidation sites excluding steroid dienone is 31. The van der Waals surface area contributed by atoms with Crippen molar-refractivity contribution in [2.24, 2.45) is 0 Å². The second-order valence-electron chi connectivity index (χ2n) is 19.1. The summed E-state index contributed by atoms with van der Waals surface area (Å²) in [5.74, 6) is -2.25. The molecule has 0 aliphatic heterocycles. The maximum atomic E-state index is 12.8. The average Bonchev–Trinajstić information content (AvgIpc) is 3.40. The van der Waals surface area contributed by atoms with E-state index in [1.807, 2.05) is 33.3 Å². The fourth-order valence-corrected chi connectivity index (χ4v) is 6.56. The third-order valence-electron chi connectivity index (χ3n) is 10.9. The molecule has 9 nitrogen and oxygen atoms in total. The molecular weight excluding hydrogens is 959 g/mol. The number of hydrogen-bond donors (Lipinski definition) is 1. The van der Waals surface area contributed by atoms with Crippen LogP contribution in [0.5, 0.6) is 0 Å². The van der Waals surface area contributed by atoms with E-state index >= 15 is 0 Å². The molecule has 0 aromatic rings. The Labute approximate surface area is 468 Å². The number of ether oxygens (including phenoxy) is 4. The molecule has 0 radical (unpaired) electrons. The molecule has 0 saturated carbocycles. The molecule has 0 aromatic heterocycles. The lowest BCUT2D eigenvalue weighted by Crippen LogP contribution is -2.40. The van der Waals surface area contributed by atoms with Gasteiger partial charge < -0.3 is 28.5 Å². The predicted octanol–water partition coefficient (Wildman–Crippen LogP) is 17.1. The van der Waals surface area contributed by atoms with Crippen LogP contribution >= 0.6 is 0 Å². The predicted molar refractivity (Wildman–Crippen MR) is 326 cm³/mol. The third-order valence-corrected chi connectivity index (χ3v) is 10.9. The van der Waals surface area contributed by atoms with Gasteiger partial charge in [0.15, 0.2) is 6.10 Å². The number of carboxylic acid groups (broad SMARTS) is 1. The number of nitrogens with zero attached hydrogens (tertiary/aromatic N) is 1. The van der Waals surface area contributed by atoms with Crippen LogP contribution in [0.25, 0.3) is 0 Å². The molecule has 1 N–H and O–H groups in total. The first-order valence-electron chi connectivity index (χ1n) is 28.6. The summed E-state index contributed by atoms with van der Waals surface area (Å²) in [6.45, 7) is 4.44. The molecule has 0 aromatic carbocycles. The summed E-state index contributed by atoms with van der Waals surface area (Å²) in [6.07, 6.45) is 85.5. The van der Waals surface area contributed by atoms with Crippen LogP contribution in [0.3, 0.4) is 0 Å². The summed E-state index contributed by atoms with van der Waals surface area (Å²) < 4.78 is 22.6. The van der Waals surface area contributed by atoms with Gasteiger partial charge in [-0.2, -0.15) is 0 Å². The van der Waals surface area contributed by atoms with Crippen molar-refractivity contribution in [1.82, 2.24) is 0 Å². The van der Waals surface area contributed by atoms with Crippen molar-refractivity contribution in [2.45, 2.75) is 167 Å². The highest BCUT2D eigenvalue weighted by Crippen LogP contribution is 2.10. The van der Waals surface area contributed by atoms with E-state index < -0.39 is 30.3 Å². The number of quaternary nitrogens is 1. The fraction of sp³-hybridized carbons (Fsp3) is 0.485. The van der Waals surface area contributed by atoms with Gasteiger partial charge in [0, 0.05) is 6.42 Å².